The van der Waals surface area contributed by atoms with E-state index < -0.39 is 0 Å². The highest BCUT2D eigenvalue weighted by Crippen LogP contribution is 2.22. The molecule has 5 heteroatoms. The first-order chi connectivity index (χ1) is 8.19. The number of thiazole rings is 1. The standard InChI is InChI=1S/C12H10BrN3S/c1-16(12-15-7-11(6-14)17-12)8-9-3-2-4-10(13)5-9/h2-5,7H,8H2,1H3. The third-order valence-corrected chi connectivity index (χ3v) is 3.75. The molecule has 0 saturated heterocycles. The number of rotatable bonds is 3. The predicted octanol–water partition coefficient (Wildman–Crippen LogP) is 3.41. The summed E-state index contributed by atoms with van der Waals surface area (Å²) in [6.07, 6.45) is 1.61. The quantitative estimate of drug-likeness (QED) is 0.872. The zero-order chi connectivity index (χ0) is 12.3. The smallest absolute Gasteiger partial charge is 0.186 e. The lowest BCUT2D eigenvalue weighted by atomic mass is 10.2. The normalized spacial score (nSPS) is 9.94. The van der Waals surface area contributed by atoms with Crippen molar-refractivity contribution in [2.24, 2.45) is 0 Å². The molecule has 0 amide bonds. The Morgan fingerprint density at radius 3 is 3.00 bits per heavy atom. The molecule has 17 heavy (non-hydrogen) atoms. The third-order valence-electron chi connectivity index (χ3n) is 2.24. The van der Waals surface area contributed by atoms with E-state index in [1.54, 1.807) is 6.20 Å². The zero-order valence-corrected chi connectivity index (χ0v) is 11.6. The van der Waals surface area contributed by atoms with Crippen LogP contribution < -0.4 is 4.90 Å². The minimum atomic E-state index is 0.640. The van der Waals surface area contributed by atoms with Gasteiger partial charge in [0.25, 0.3) is 0 Å². The van der Waals surface area contributed by atoms with Crippen LogP contribution in [-0.2, 0) is 6.54 Å². The first-order valence-corrected chi connectivity index (χ1v) is 6.61. The van der Waals surface area contributed by atoms with E-state index >= 15 is 0 Å². The van der Waals surface area contributed by atoms with Crippen molar-refractivity contribution in [3.63, 3.8) is 0 Å². The maximum atomic E-state index is 8.75. The van der Waals surface area contributed by atoms with Crippen LogP contribution in [0.1, 0.15) is 10.4 Å². The van der Waals surface area contributed by atoms with E-state index in [2.05, 4.69) is 39.1 Å². The number of aromatic nitrogens is 1. The average molecular weight is 308 g/mol. The molecule has 0 N–H and O–H groups in total. The summed E-state index contributed by atoms with van der Waals surface area (Å²) >= 11 is 4.86. The van der Waals surface area contributed by atoms with Crippen LogP contribution in [0.25, 0.3) is 0 Å². The molecular weight excluding hydrogens is 298 g/mol. The van der Waals surface area contributed by atoms with E-state index in [4.69, 9.17) is 5.26 Å². The van der Waals surface area contributed by atoms with Crippen LogP contribution in [0.4, 0.5) is 5.13 Å². The van der Waals surface area contributed by atoms with Crippen LogP contribution in [-0.4, -0.2) is 12.0 Å². The second-order valence-electron chi connectivity index (χ2n) is 3.60. The van der Waals surface area contributed by atoms with Crippen molar-refractivity contribution < 1.29 is 0 Å². The SMILES string of the molecule is CN(Cc1cccc(Br)c1)c1ncc(C#N)s1. The Bertz CT molecular complexity index is 559. The number of hydrogen-bond donors (Lipinski definition) is 0. The highest BCUT2D eigenvalue weighted by atomic mass is 79.9. The average Bonchev–Trinajstić information content (AvgIpc) is 2.77. The maximum absolute atomic E-state index is 8.75. The molecule has 0 aliphatic rings. The van der Waals surface area contributed by atoms with Gasteiger partial charge in [0, 0.05) is 18.1 Å². The molecule has 0 aliphatic carbocycles. The molecule has 1 heterocycles. The van der Waals surface area contributed by atoms with Crippen molar-refractivity contribution in [3.8, 4) is 6.07 Å². The summed E-state index contributed by atoms with van der Waals surface area (Å²) < 4.78 is 1.07. The Morgan fingerprint density at radius 2 is 2.35 bits per heavy atom. The van der Waals surface area contributed by atoms with Crippen molar-refractivity contribution in [2.45, 2.75) is 6.54 Å². The monoisotopic (exact) mass is 307 g/mol. The van der Waals surface area contributed by atoms with Gasteiger partial charge in [0.1, 0.15) is 10.9 Å². The van der Waals surface area contributed by atoms with Crippen LogP contribution in [0, 0.1) is 11.3 Å². The van der Waals surface area contributed by atoms with Gasteiger partial charge in [-0.3, -0.25) is 0 Å². The summed E-state index contributed by atoms with van der Waals surface area (Å²) in [5, 5.41) is 9.62. The number of halogens is 1. The summed E-state index contributed by atoms with van der Waals surface area (Å²) in [6.45, 7) is 0.776. The van der Waals surface area contributed by atoms with E-state index in [1.807, 2.05) is 24.1 Å². The van der Waals surface area contributed by atoms with Gasteiger partial charge in [0.05, 0.1) is 6.20 Å². The Morgan fingerprint density at radius 1 is 1.53 bits per heavy atom. The van der Waals surface area contributed by atoms with E-state index in [0.717, 1.165) is 16.1 Å². The van der Waals surface area contributed by atoms with Gasteiger partial charge in [0.15, 0.2) is 5.13 Å². The van der Waals surface area contributed by atoms with Crippen molar-refractivity contribution in [1.82, 2.24) is 4.98 Å². The molecule has 3 nitrogen and oxygen atoms in total. The zero-order valence-electron chi connectivity index (χ0n) is 9.22. The third kappa shape index (κ3) is 3.05. The largest absolute Gasteiger partial charge is 0.347 e. The van der Waals surface area contributed by atoms with Crippen LogP contribution in [0.3, 0.4) is 0 Å². The first-order valence-electron chi connectivity index (χ1n) is 5.00. The van der Waals surface area contributed by atoms with Gasteiger partial charge in [-0.2, -0.15) is 5.26 Å². The molecule has 1 aromatic heterocycles. The van der Waals surface area contributed by atoms with Gasteiger partial charge in [-0.15, -0.1) is 0 Å². The van der Waals surface area contributed by atoms with Gasteiger partial charge in [0.2, 0.25) is 0 Å². The Kier molecular flexibility index (Phi) is 3.77. The minimum Gasteiger partial charge on any atom is -0.347 e. The van der Waals surface area contributed by atoms with Crippen LogP contribution in [0.15, 0.2) is 34.9 Å². The Labute approximate surface area is 112 Å². The summed E-state index contributed by atoms with van der Waals surface area (Å²) in [4.78, 5) is 6.89. The number of nitriles is 1. The lowest BCUT2D eigenvalue weighted by Crippen LogP contribution is -2.15. The molecule has 2 aromatic rings. The van der Waals surface area contributed by atoms with Crippen LogP contribution >= 0.6 is 27.3 Å². The molecule has 86 valence electrons. The van der Waals surface area contributed by atoms with Gasteiger partial charge < -0.3 is 4.90 Å². The molecule has 1 aromatic carbocycles. The predicted molar refractivity (Wildman–Crippen MR) is 73.1 cm³/mol. The lowest BCUT2D eigenvalue weighted by molar-refractivity contribution is 0.914. The van der Waals surface area contributed by atoms with Crippen molar-refractivity contribution in [2.75, 3.05) is 11.9 Å². The minimum absolute atomic E-state index is 0.640. The summed E-state index contributed by atoms with van der Waals surface area (Å²) in [5.74, 6) is 0. The number of benzene rings is 1. The van der Waals surface area contributed by atoms with Crippen LogP contribution in [0.5, 0.6) is 0 Å². The van der Waals surface area contributed by atoms with E-state index in [0.29, 0.717) is 4.88 Å². The molecule has 0 bridgehead atoms. The summed E-state index contributed by atoms with van der Waals surface area (Å²) in [6, 6.07) is 10.3. The molecule has 0 radical (unpaired) electrons. The highest BCUT2D eigenvalue weighted by molar-refractivity contribution is 9.10. The van der Waals surface area contributed by atoms with Gasteiger partial charge in [-0.1, -0.05) is 39.4 Å². The van der Waals surface area contributed by atoms with E-state index in [-0.39, 0.29) is 0 Å². The Balaban J connectivity index is 2.11. The molecule has 0 atom stereocenters. The summed E-state index contributed by atoms with van der Waals surface area (Å²) in [7, 11) is 1.97. The maximum Gasteiger partial charge on any atom is 0.186 e. The first kappa shape index (κ1) is 12.1. The lowest BCUT2D eigenvalue weighted by Gasteiger charge is -2.15. The van der Waals surface area contributed by atoms with Crippen molar-refractivity contribution in [3.05, 3.63) is 45.4 Å². The molecule has 0 fully saturated rings. The van der Waals surface area contributed by atoms with E-state index in [9.17, 15) is 0 Å². The second kappa shape index (κ2) is 5.30. The van der Waals surface area contributed by atoms with Crippen molar-refractivity contribution in [1.29, 1.82) is 5.26 Å². The molecule has 0 saturated carbocycles. The molecule has 0 aliphatic heterocycles. The molecular formula is C12H10BrN3S. The van der Waals surface area contributed by atoms with Gasteiger partial charge in [-0.05, 0) is 17.7 Å². The fourth-order valence-corrected chi connectivity index (χ4v) is 2.59. The van der Waals surface area contributed by atoms with Crippen molar-refractivity contribution >= 4 is 32.4 Å². The molecule has 2 rings (SSSR count). The number of nitrogens with zero attached hydrogens (tertiary/aromatic N) is 3. The second-order valence-corrected chi connectivity index (χ2v) is 5.53. The number of hydrogen-bond acceptors (Lipinski definition) is 4. The molecule has 0 spiro atoms. The fourth-order valence-electron chi connectivity index (χ4n) is 1.47. The summed E-state index contributed by atoms with van der Waals surface area (Å²) in [5.41, 5.74) is 1.20. The fraction of sp³-hybridized carbons (Fsp3) is 0.167. The highest BCUT2D eigenvalue weighted by Gasteiger charge is 2.07. The Hall–Kier alpha value is -1.38. The van der Waals surface area contributed by atoms with Crippen LogP contribution in [0.2, 0.25) is 0 Å². The van der Waals surface area contributed by atoms with E-state index in [1.165, 1.54) is 16.9 Å². The molecule has 0 unspecified atom stereocenters. The van der Waals surface area contributed by atoms with Gasteiger partial charge >= 0.3 is 0 Å². The van der Waals surface area contributed by atoms with Gasteiger partial charge in [-0.25, -0.2) is 4.98 Å². The topological polar surface area (TPSA) is 39.9 Å². The number of anilines is 1.